The number of benzene rings is 2. The fraction of sp³-hybridized carbons (Fsp3) is 0.118. The number of amides is 1. The predicted octanol–water partition coefficient (Wildman–Crippen LogP) is 2.55. The molecule has 0 saturated heterocycles. The number of hydrogen-bond acceptors (Lipinski definition) is 5. The van der Waals surface area contributed by atoms with Gasteiger partial charge in [0.1, 0.15) is 5.82 Å². The van der Waals surface area contributed by atoms with E-state index in [0.29, 0.717) is 5.16 Å². The van der Waals surface area contributed by atoms with Crippen molar-refractivity contribution in [3.8, 4) is 11.4 Å². The molecule has 1 amide bonds. The van der Waals surface area contributed by atoms with Gasteiger partial charge < -0.3 is 10.7 Å². The van der Waals surface area contributed by atoms with Crippen LogP contribution in [0.1, 0.15) is 0 Å². The maximum atomic E-state index is 13.9. The molecule has 0 spiro atoms. The first kappa shape index (κ1) is 17.0. The molecular weight excluding hydrogens is 341 g/mol. The van der Waals surface area contributed by atoms with E-state index >= 15 is 0 Å². The Hall–Kier alpha value is -2.87. The number of carbonyl (C=O) groups excluding carboxylic acids is 1. The zero-order chi connectivity index (χ0) is 17.8. The van der Waals surface area contributed by atoms with Gasteiger partial charge in [-0.3, -0.25) is 4.79 Å². The number of nitrogens with two attached hydrogens (primary N) is 1. The third-order valence-electron chi connectivity index (χ3n) is 3.62. The van der Waals surface area contributed by atoms with Gasteiger partial charge in [0.05, 0.1) is 11.3 Å². The summed E-state index contributed by atoms with van der Waals surface area (Å²) in [5.74, 6) is 5.77. The molecule has 0 bridgehead atoms. The molecule has 3 aromatic rings. The highest BCUT2D eigenvalue weighted by Crippen LogP contribution is 2.24. The molecule has 6 nitrogen and oxygen atoms in total. The van der Waals surface area contributed by atoms with Gasteiger partial charge in [-0.05, 0) is 24.3 Å². The zero-order valence-electron chi connectivity index (χ0n) is 13.5. The molecule has 8 heteroatoms. The van der Waals surface area contributed by atoms with Gasteiger partial charge in [-0.1, -0.05) is 42.1 Å². The molecule has 1 heterocycles. The van der Waals surface area contributed by atoms with E-state index in [1.807, 2.05) is 30.3 Å². The van der Waals surface area contributed by atoms with E-state index in [2.05, 4.69) is 10.2 Å². The Balaban J connectivity index is 1.70. The van der Waals surface area contributed by atoms with Crippen molar-refractivity contribution in [2.24, 2.45) is 0 Å². The number of nitrogen functional groups attached to an aromatic ring is 1. The largest absolute Gasteiger partial charge is 0.335 e. The van der Waals surface area contributed by atoms with Crippen LogP contribution in [-0.4, -0.2) is 33.6 Å². The highest BCUT2D eigenvalue weighted by atomic mass is 32.2. The summed E-state index contributed by atoms with van der Waals surface area (Å²) < 4.78 is 15.1. The van der Waals surface area contributed by atoms with Crippen molar-refractivity contribution in [1.29, 1.82) is 0 Å². The van der Waals surface area contributed by atoms with Gasteiger partial charge in [-0.25, -0.2) is 9.07 Å². The third kappa shape index (κ3) is 3.63. The molecule has 25 heavy (non-hydrogen) atoms. The van der Waals surface area contributed by atoms with E-state index in [1.54, 1.807) is 30.1 Å². The normalized spacial score (nSPS) is 10.6. The van der Waals surface area contributed by atoms with Crippen LogP contribution in [0, 0.1) is 5.82 Å². The van der Waals surface area contributed by atoms with Crippen LogP contribution in [0.15, 0.2) is 59.8 Å². The second kappa shape index (κ2) is 7.35. The molecule has 0 aliphatic heterocycles. The number of nitrogens with zero attached hydrogens (tertiary/aromatic N) is 4. The molecule has 0 radical (unpaired) electrons. The standard InChI is InChI=1S/C17H16FN5OS/c1-22(12-7-3-2-4-8-12)15(24)11-25-17-21-20-16(23(17)19)13-9-5-6-10-14(13)18/h2-10H,11,19H2,1H3. The van der Waals surface area contributed by atoms with Crippen LogP contribution in [0.3, 0.4) is 0 Å². The van der Waals surface area contributed by atoms with Gasteiger partial charge in [0.25, 0.3) is 0 Å². The van der Waals surface area contributed by atoms with E-state index in [4.69, 9.17) is 5.84 Å². The second-order valence-electron chi connectivity index (χ2n) is 5.23. The van der Waals surface area contributed by atoms with Crippen molar-refractivity contribution in [2.75, 3.05) is 23.5 Å². The topological polar surface area (TPSA) is 77.0 Å². The fourth-order valence-corrected chi connectivity index (χ4v) is 2.99. The highest BCUT2D eigenvalue weighted by Gasteiger charge is 2.17. The smallest absolute Gasteiger partial charge is 0.237 e. The van der Waals surface area contributed by atoms with Crippen LogP contribution >= 0.6 is 11.8 Å². The summed E-state index contributed by atoms with van der Waals surface area (Å²) in [6.45, 7) is 0. The number of hydrogen-bond donors (Lipinski definition) is 1. The Morgan fingerprint density at radius 1 is 1.16 bits per heavy atom. The molecule has 0 atom stereocenters. The van der Waals surface area contributed by atoms with Gasteiger partial charge >= 0.3 is 0 Å². The molecule has 2 N–H and O–H groups in total. The van der Waals surface area contributed by atoms with Gasteiger partial charge in [0, 0.05) is 12.7 Å². The van der Waals surface area contributed by atoms with Crippen molar-refractivity contribution in [2.45, 2.75) is 5.16 Å². The maximum absolute atomic E-state index is 13.9. The molecular formula is C17H16FN5OS. The monoisotopic (exact) mass is 357 g/mol. The molecule has 0 saturated carbocycles. The third-order valence-corrected chi connectivity index (χ3v) is 4.55. The molecule has 3 rings (SSSR count). The Labute approximate surface area is 148 Å². The van der Waals surface area contributed by atoms with E-state index < -0.39 is 5.82 Å². The number of aromatic nitrogens is 3. The van der Waals surface area contributed by atoms with Crippen LogP contribution < -0.4 is 10.7 Å². The number of anilines is 1. The summed E-state index contributed by atoms with van der Waals surface area (Å²) in [7, 11) is 1.70. The minimum atomic E-state index is -0.432. The van der Waals surface area contributed by atoms with E-state index in [9.17, 15) is 9.18 Å². The number of thioether (sulfide) groups is 1. The number of halogens is 1. The summed E-state index contributed by atoms with van der Waals surface area (Å²) in [5, 5.41) is 8.22. The first-order valence-corrected chi connectivity index (χ1v) is 8.46. The first-order valence-electron chi connectivity index (χ1n) is 7.47. The number of para-hydroxylation sites is 1. The van der Waals surface area contributed by atoms with Crippen molar-refractivity contribution < 1.29 is 9.18 Å². The molecule has 0 unspecified atom stereocenters. The lowest BCUT2D eigenvalue weighted by Gasteiger charge is -2.16. The molecule has 0 aliphatic carbocycles. The number of rotatable bonds is 5. The molecule has 128 valence electrons. The Kier molecular flexibility index (Phi) is 4.99. The van der Waals surface area contributed by atoms with Crippen LogP contribution in [0.4, 0.5) is 10.1 Å². The van der Waals surface area contributed by atoms with E-state index in [0.717, 1.165) is 17.4 Å². The summed E-state index contributed by atoms with van der Waals surface area (Å²) >= 11 is 1.15. The van der Waals surface area contributed by atoms with Crippen molar-refractivity contribution in [1.82, 2.24) is 14.9 Å². The summed E-state index contributed by atoms with van der Waals surface area (Å²) in [6, 6.07) is 15.5. The van der Waals surface area contributed by atoms with Crippen LogP contribution in [-0.2, 0) is 4.79 Å². The van der Waals surface area contributed by atoms with Gasteiger partial charge in [0.2, 0.25) is 11.1 Å². The first-order chi connectivity index (χ1) is 12.1. The average Bonchev–Trinajstić information content (AvgIpc) is 3.00. The fourth-order valence-electron chi connectivity index (χ4n) is 2.22. The van der Waals surface area contributed by atoms with Crippen molar-refractivity contribution in [3.63, 3.8) is 0 Å². The summed E-state index contributed by atoms with van der Waals surface area (Å²) in [5.41, 5.74) is 1.06. The molecule has 0 aliphatic rings. The minimum Gasteiger partial charge on any atom is -0.335 e. The highest BCUT2D eigenvalue weighted by molar-refractivity contribution is 7.99. The Morgan fingerprint density at radius 3 is 2.56 bits per heavy atom. The van der Waals surface area contributed by atoms with Crippen molar-refractivity contribution in [3.05, 3.63) is 60.4 Å². The molecule has 2 aromatic carbocycles. The van der Waals surface area contributed by atoms with Gasteiger partial charge in [-0.15, -0.1) is 10.2 Å². The van der Waals surface area contributed by atoms with Gasteiger partial charge in [0.15, 0.2) is 5.82 Å². The van der Waals surface area contributed by atoms with E-state index in [-0.39, 0.29) is 23.0 Å². The summed E-state index contributed by atoms with van der Waals surface area (Å²) in [6.07, 6.45) is 0. The van der Waals surface area contributed by atoms with Crippen molar-refractivity contribution >= 4 is 23.4 Å². The zero-order valence-corrected chi connectivity index (χ0v) is 14.3. The van der Waals surface area contributed by atoms with Crippen LogP contribution in [0.2, 0.25) is 0 Å². The second-order valence-corrected chi connectivity index (χ2v) is 6.18. The van der Waals surface area contributed by atoms with Gasteiger partial charge in [-0.2, -0.15) is 0 Å². The molecule has 0 fully saturated rings. The summed E-state index contributed by atoms with van der Waals surface area (Å²) in [4.78, 5) is 13.9. The van der Waals surface area contributed by atoms with Crippen LogP contribution in [0.5, 0.6) is 0 Å². The lowest BCUT2D eigenvalue weighted by atomic mass is 10.2. The molecule has 1 aromatic heterocycles. The lowest BCUT2D eigenvalue weighted by molar-refractivity contribution is -0.115. The number of carbonyl (C=O) groups is 1. The van der Waals surface area contributed by atoms with E-state index in [1.165, 1.54) is 10.7 Å². The Morgan fingerprint density at radius 2 is 1.84 bits per heavy atom. The maximum Gasteiger partial charge on any atom is 0.237 e. The average molecular weight is 357 g/mol. The minimum absolute atomic E-state index is 0.105. The predicted molar refractivity (Wildman–Crippen MR) is 96.1 cm³/mol. The Bertz CT molecular complexity index is 884. The lowest BCUT2D eigenvalue weighted by Crippen LogP contribution is -2.28. The van der Waals surface area contributed by atoms with Crippen LogP contribution in [0.25, 0.3) is 11.4 Å². The quantitative estimate of drug-likeness (QED) is 0.561. The SMILES string of the molecule is CN(C(=O)CSc1nnc(-c2ccccc2F)n1N)c1ccccc1.